The van der Waals surface area contributed by atoms with Gasteiger partial charge in [0.25, 0.3) is 0 Å². The third-order valence-corrected chi connectivity index (χ3v) is 6.90. The van der Waals surface area contributed by atoms with E-state index >= 15 is 0 Å². The van der Waals surface area contributed by atoms with Crippen LogP contribution in [0.3, 0.4) is 0 Å². The van der Waals surface area contributed by atoms with Crippen LogP contribution in [0, 0.1) is 0 Å². The molecule has 1 atom stereocenters. The standard InChI is InChI=1S/C20H28BN3O2/c1-19(2)20(3,4)26-21(25-19)14-7-8-17-16(12-14)22-18-13-15-6-5-9-23(15)10-11-24(17)18/h7-8,12,15H,5-6,9-11,13H2,1-4H3/t15-/m0/s1. The van der Waals surface area contributed by atoms with E-state index in [1.54, 1.807) is 0 Å². The Morgan fingerprint density at radius 1 is 1.08 bits per heavy atom. The van der Waals surface area contributed by atoms with Crippen LogP contribution in [-0.4, -0.2) is 51.9 Å². The maximum Gasteiger partial charge on any atom is 0.494 e. The van der Waals surface area contributed by atoms with Gasteiger partial charge in [0, 0.05) is 25.6 Å². The van der Waals surface area contributed by atoms with E-state index in [0.29, 0.717) is 6.04 Å². The Hall–Kier alpha value is -1.37. The van der Waals surface area contributed by atoms with Crippen molar-refractivity contribution in [3.05, 3.63) is 24.0 Å². The van der Waals surface area contributed by atoms with Crippen molar-refractivity contribution >= 4 is 23.6 Å². The number of imidazole rings is 1. The van der Waals surface area contributed by atoms with E-state index < -0.39 is 0 Å². The maximum absolute atomic E-state index is 6.21. The smallest absolute Gasteiger partial charge is 0.399 e. The van der Waals surface area contributed by atoms with Crippen molar-refractivity contribution in [2.24, 2.45) is 0 Å². The summed E-state index contributed by atoms with van der Waals surface area (Å²) < 4.78 is 14.8. The van der Waals surface area contributed by atoms with Gasteiger partial charge >= 0.3 is 7.12 Å². The summed E-state index contributed by atoms with van der Waals surface area (Å²) in [5.41, 5.74) is 2.74. The SMILES string of the molecule is CC1(C)OB(c2ccc3c(c2)nc2n3CCN3CCC[C@H]3C2)OC1(C)C. The molecule has 0 radical (unpaired) electrons. The average molecular weight is 353 g/mol. The first-order valence-electron chi connectivity index (χ1n) is 9.93. The summed E-state index contributed by atoms with van der Waals surface area (Å²) in [6, 6.07) is 7.18. The second-order valence-corrected chi connectivity index (χ2v) is 9.05. The summed E-state index contributed by atoms with van der Waals surface area (Å²) in [6.45, 7) is 11.8. The van der Waals surface area contributed by atoms with Gasteiger partial charge in [-0.05, 0) is 64.7 Å². The lowest BCUT2D eigenvalue weighted by Gasteiger charge is -2.32. The van der Waals surface area contributed by atoms with Gasteiger partial charge in [-0.2, -0.15) is 0 Å². The molecule has 0 amide bonds. The second-order valence-electron chi connectivity index (χ2n) is 9.05. The topological polar surface area (TPSA) is 39.5 Å². The molecule has 0 aliphatic carbocycles. The van der Waals surface area contributed by atoms with Crippen LogP contribution < -0.4 is 5.46 Å². The lowest BCUT2D eigenvalue weighted by molar-refractivity contribution is 0.00578. The summed E-state index contributed by atoms with van der Waals surface area (Å²) in [7, 11) is -0.323. The molecule has 26 heavy (non-hydrogen) atoms. The molecule has 5 nitrogen and oxygen atoms in total. The number of rotatable bonds is 1. The highest BCUT2D eigenvalue weighted by atomic mass is 16.7. The zero-order valence-corrected chi connectivity index (χ0v) is 16.3. The molecule has 1 aromatic carbocycles. The van der Waals surface area contributed by atoms with Gasteiger partial charge in [-0.3, -0.25) is 4.90 Å². The van der Waals surface area contributed by atoms with Gasteiger partial charge in [-0.15, -0.1) is 0 Å². The number of nitrogens with zero attached hydrogens (tertiary/aromatic N) is 3. The molecule has 4 heterocycles. The molecular formula is C20H28BN3O2. The summed E-state index contributed by atoms with van der Waals surface area (Å²) in [6.07, 6.45) is 3.71. The molecule has 138 valence electrons. The van der Waals surface area contributed by atoms with E-state index in [1.807, 2.05) is 0 Å². The van der Waals surface area contributed by atoms with Crippen LogP contribution in [0.5, 0.6) is 0 Å². The van der Waals surface area contributed by atoms with Gasteiger partial charge in [0.2, 0.25) is 0 Å². The van der Waals surface area contributed by atoms with E-state index in [-0.39, 0.29) is 18.3 Å². The van der Waals surface area contributed by atoms with Gasteiger partial charge in [0.1, 0.15) is 5.82 Å². The zero-order valence-electron chi connectivity index (χ0n) is 16.3. The first-order chi connectivity index (χ1) is 12.3. The molecule has 0 bridgehead atoms. The minimum absolute atomic E-state index is 0.316. The summed E-state index contributed by atoms with van der Waals surface area (Å²) >= 11 is 0. The molecule has 3 aliphatic rings. The Kier molecular flexibility index (Phi) is 3.59. The molecule has 2 saturated heterocycles. The van der Waals surface area contributed by atoms with E-state index in [0.717, 1.165) is 30.5 Å². The van der Waals surface area contributed by atoms with Gasteiger partial charge in [-0.1, -0.05) is 6.07 Å². The van der Waals surface area contributed by atoms with Crippen LogP contribution in [0.4, 0.5) is 0 Å². The fraction of sp³-hybridized carbons (Fsp3) is 0.650. The highest BCUT2D eigenvalue weighted by molar-refractivity contribution is 6.62. The molecule has 0 spiro atoms. The van der Waals surface area contributed by atoms with E-state index in [4.69, 9.17) is 14.3 Å². The van der Waals surface area contributed by atoms with Gasteiger partial charge in [0.05, 0.1) is 22.2 Å². The number of aromatic nitrogens is 2. The molecule has 5 rings (SSSR count). The average Bonchev–Trinajstić information content (AvgIpc) is 3.18. The lowest BCUT2D eigenvalue weighted by atomic mass is 9.79. The van der Waals surface area contributed by atoms with Crippen molar-refractivity contribution in [2.75, 3.05) is 13.1 Å². The van der Waals surface area contributed by atoms with Crippen molar-refractivity contribution in [3.63, 3.8) is 0 Å². The highest BCUT2D eigenvalue weighted by Gasteiger charge is 2.51. The maximum atomic E-state index is 6.21. The summed E-state index contributed by atoms with van der Waals surface area (Å²) in [4.78, 5) is 7.64. The molecule has 1 aromatic heterocycles. The Morgan fingerprint density at radius 3 is 2.62 bits per heavy atom. The molecule has 3 aliphatic heterocycles. The number of fused-ring (bicyclic) bond motifs is 4. The molecule has 6 heteroatoms. The van der Waals surface area contributed by atoms with Crippen LogP contribution in [0.1, 0.15) is 46.4 Å². The van der Waals surface area contributed by atoms with Crippen LogP contribution in [0.25, 0.3) is 11.0 Å². The molecule has 0 N–H and O–H groups in total. The lowest BCUT2D eigenvalue weighted by Crippen LogP contribution is -2.41. The largest absolute Gasteiger partial charge is 0.494 e. The van der Waals surface area contributed by atoms with Crippen molar-refractivity contribution in [1.29, 1.82) is 0 Å². The van der Waals surface area contributed by atoms with Crippen LogP contribution in [0.2, 0.25) is 0 Å². The molecule has 0 saturated carbocycles. The van der Waals surface area contributed by atoms with Crippen LogP contribution >= 0.6 is 0 Å². The monoisotopic (exact) mass is 353 g/mol. The fourth-order valence-electron chi connectivity index (χ4n) is 4.59. The first kappa shape index (κ1) is 16.8. The van der Waals surface area contributed by atoms with Crippen LogP contribution in [-0.2, 0) is 22.3 Å². The van der Waals surface area contributed by atoms with Crippen molar-refractivity contribution < 1.29 is 9.31 Å². The van der Waals surface area contributed by atoms with Crippen molar-refractivity contribution in [2.45, 2.75) is 70.7 Å². The van der Waals surface area contributed by atoms with Gasteiger partial charge < -0.3 is 13.9 Å². The molecule has 0 unspecified atom stereocenters. The normalized spacial score (nSPS) is 27.5. The second kappa shape index (κ2) is 5.57. The minimum Gasteiger partial charge on any atom is -0.399 e. The molecular weight excluding hydrogens is 325 g/mol. The first-order valence-corrected chi connectivity index (χ1v) is 9.93. The Labute approximate surface area is 155 Å². The molecule has 2 fully saturated rings. The fourth-order valence-corrected chi connectivity index (χ4v) is 4.59. The van der Waals surface area contributed by atoms with Gasteiger partial charge in [-0.25, -0.2) is 4.98 Å². The Balaban J connectivity index is 1.49. The number of benzene rings is 1. The molecule has 2 aromatic rings. The summed E-state index contributed by atoms with van der Waals surface area (Å²) in [5.74, 6) is 1.24. The predicted octanol–water partition coefficient (Wildman–Crippen LogP) is 2.36. The minimum atomic E-state index is -0.323. The van der Waals surface area contributed by atoms with E-state index in [2.05, 4.69) is 55.4 Å². The van der Waals surface area contributed by atoms with Crippen molar-refractivity contribution in [1.82, 2.24) is 14.5 Å². The van der Waals surface area contributed by atoms with E-state index in [1.165, 1.54) is 30.7 Å². The third kappa shape index (κ3) is 2.46. The summed E-state index contributed by atoms with van der Waals surface area (Å²) in [5, 5.41) is 0. The van der Waals surface area contributed by atoms with Crippen LogP contribution in [0.15, 0.2) is 18.2 Å². The Bertz CT molecular complexity index is 844. The number of hydrogen-bond donors (Lipinski definition) is 0. The third-order valence-electron chi connectivity index (χ3n) is 6.90. The zero-order chi connectivity index (χ0) is 18.1. The van der Waals surface area contributed by atoms with Gasteiger partial charge in [0.15, 0.2) is 0 Å². The highest BCUT2D eigenvalue weighted by Crippen LogP contribution is 2.36. The van der Waals surface area contributed by atoms with E-state index in [9.17, 15) is 0 Å². The Morgan fingerprint density at radius 2 is 1.85 bits per heavy atom. The quantitative estimate of drug-likeness (QED) is 0.738. The predicted molar refractivity (Wildman–Crippen MR) is 104 cm³/mol. The number of hydrogen-bond acceptors (Lipinski definition) is 4. The van der Waals surface area contributed by atoms with Crippen molar-refractivity contribution in [3.8, 4) is 0 Å².